The zero-order valence-corrected chi connectivity index (χ0v) is 22.3. The summed E-state index contributed by atoms with van der Waals surface area (Å²) in [6, 6.07) is 18.8. The fourth-order valence-corrected chi connectivity index (χ4v) is 4.92. The SMILES string of the molecule is CCCc1nc2c(C)cc(-c3cn(C(C)C(N)=O)cn3)cc2n1Cc1ccc(-c2ccccc2C(=O)O)cc1. The minimum Gasteiger partial charge on any atom is -0.478 e. The Kier molecular flexibility index (Phi) is 7.02. The van der Waals surface area contributed by atoms with Crippen molar-refractivity contribution in [3.8, 4) is 22.4 Å². The molecule has 39 heavy (non-hydrogen) atoms. The molecule has 2 aromatic heterocycles. The first-order valence-corrected chi connectivity index (χ1v) is 13.0. The quantitative estimate of drug-likeness (QED) is 0.261. The summed E-state index contributed by atoms with van der Waals surface area (Å²) in [7, 11) is 0. The number of aryl methyl sites for hydroxylation is 2. The molecule has 1 atom stereocenters. The molecule has 2 heterocycles. The Morgan fingerprint density at radius 3 is 2.49 bits per heavy atom. The molecule has 0 aliphatic carbocycles. The normalized spacial score (nSPS) is 12.1. The van der Waals surface area contributed by atoms with Gasteiger partial charge in [-0.3, -0.25) is 4.79 Å². The van der Waals surface area contributed by atoms with Crippen LogP contribution in [0.3, 0.4) is 0 Å². The van der Waals surface area contributed by atoms with E-state index >= 15 is 0 Å². The van der Waals surface area contributed by atoms with E-state index in [9.17, 15) is 14.7 Å². The molecule has 1 unspecified atom stereocenters. The minimum atomic E-state index is -0.941. The molecule has 198 valence electrons. The second kappa shape index (κ2) is 10.6. The first kappa shape index (κ1) is 25.9. The van der Waals surface area contributed by atoms with Gasteiger partial charge in [0.15, 0.2) is 0 Å². The molecule has 0 saturated carbocycles. The maximum atomic E-state index is 11.7. The minimum absolute atomic E-state index is 0.284. The van der Waals surface area contributed by atoms with Gasteiger partial charge in [0.2, 0.25) is 5.91 Å². The van der Waals surface area contributed by atoms with Gasteiger partial charge in [-0.25, -0.2) is 14.8 Å². The first-order chi connectivity index (χ1) is 18.8. The third kappa shape index (κ3) is 5.05. The van der Waals surface area contributed by atoms with Gasteiger partial charge in [-0.2, -0.15) is 0 Å². The van der Waals surface area contributed by atoms with Crippen LogP contribution in [0.25, 0.3) is 33.4 Å². The molecule has 8 heteroatoms. The lowest BCUT2D eigenvalue weighted by atomic mass is 9.98. The van der Waals surface area contributed by atoms with Crippen molar-refractivity contribution in [2.24, 2.45) is 5.73 Å². The number of carbonyl (C=O) groups is 2. The van der Waals surface area contributed by atoms with Crippen LogP contribution in [0.5, 0.6) is 0 Å². The Bertz CT molecular complexity index is 1680. The van der Waals surface area contributed by atoms with Crippen LogP contribution in [0.1, 0.15) is 53.6 Å². The van der Waals surface area contributed by atoms with Crippen LogP contribution in [0.2, 0.25) is 0 Å². The fourth-order valence-electron chi connectivity index (χ4n) is 4.92. The standard InChI is InChI=1S/C31H31N5O3/c1-4-7-28-34-29-19(2)14-23(26-17-35(18-33-26)20(3)30(32)37)15-27(29)36(28)16-21-10-12-22(13-11-21)24-8-5-6-9-25(24)31(38)39/h5-6,8-15,17-18,20H,4,7,16H2,1-3H3,(H2,32,37)(H,38,39). The summed E-state index contributed by atoms with van der Waals surface area (Å²) in [5.74, 6) is -0.338. The molecule has 1 amide bonds. The zero-order valence-electron chi connectivity index (χ0n) is 22.3. The molecular weight excluding hydrogens is 490 g/mol. The summed E-state index contributed by atoms with van der Waals surface area (Å²) in [5, 5.41) is 9.58. The van der Waals surface area contributed by atoms with Gasteiger partial charge in [0.05, 0.1) is 28.6 Å². The number of imidazole rings is 2. The number of amides is 1. The van der Waals surface area contributed by atoms with Gasteiger partial charge >= 0.3 is 5.97 Å². The Morgan fingerprint density at radius 2 is 1.79 bits per heavy atom. The van der Waals surface area contributed by atoms with Crippen LogP contribution in [0.4, 0.5) is 0 Å². The number of nitrogens with two attached hydrogens (primary N) is 1. The van der Waals surface area contributed by atoms with Crippen LogP contribution >= 0.6 is 0 Å². The van der Waals surface area contributed by atoms with Gasteiger partial charge in [-0.1, -0.05) is 49.4 Å². The second-order valence-electron chi connectivity index (χ2n) is 9.86. The van der Waals surface area contributed by atoms with E-state index in [0.717, 1.165) is 57.6 Å². The molecule has 8 nitrogen and oxygen atoms in total. The average molecular weight is 522 g/mol. The van der Waals surface area contributed by atoms with Crippen LogP contribution in [-0.2, 0) is 17.8 Å². The van der Waals surface area contributed by atoms with E-state index < -0.39 is 17.9 Å². The molecule has 0 radical (unpaired) electrons. The number of benzene rings is 3. The first-order valence-electron chi connectivity index (χ1n) is 13.0. The lowest BCUT2D eigenvalue weighted by Crippen LogP contribution is -2.22. The number of rotatable bonds is 9. The molecule has 3 N–H and O–H groups in total. The van der Waals surface area contributed by atoms with Crippen molar-refractivity contribution in [3.05, 3.63) is 95.7 Å². The molecule has 5 aromatic rings. The number of carboxylic acids is 1. The number of carboxylic acid groups (broad SMARTS) is 1. The van der Waals surface area contributed by atoms with E-state index in [2.05, 4.69) is 35.5 Å². The van der Waals surface area contributed by atoms with Gasteiger partial charge in [0, 0.05) is 24.7 Å². The molecule has 0 bridgehead atoms. The Hall–Kier alpha value is -4.72. The second-order valence-corrected chi connectivity index (χ2v) is 9.86. The predicted octanol–water partition coefficient (Wildman–Crippen LogP) is 5.62. The summed E-state index contributed by atoms with van der Waals surface area (Å²) < 4.78 is 3.97. The molecule has 5 rings (SSSR count). The maximum Gasteiger partial charge on any atom is 0.336 e. The molecule has 0 spiro atoms. The number of nitrogens with zero attached hydrogens (tertiary/aromatic N) is 4. The predicted molar refractivity (Wildman–Crippen MR) is 152 cm³/mol. The Labute approximate surface area is 226 Å². The van der Waals surface area contributed by atoms with Gasteiger partial charge in [-0.15, -0.1) is 0 Å². The highest BCUT2D eigenvalue weighted by molar-refractivity contribution is 5.96. The average Bonchev–Trinajstić information content (AvgIpc) is 3.55. The number of carbonyl (C=O) groups excluding carboxylic acids is 1. The van der Waals surface area contributed by atoms with Gasteiger partial charge in [0.1, 0.15) is 11.9 Å². The van der Waals surface area contributed by atoms with Crippen LogP contribution in [0.15, 0.2) is 73.2 Å². The van der Waals surface area contributed by atoms with E-state index in [-0.39, 0.29) is 5.56 Å². The van der Waals surface area contributed by atoms with E-state index in [4.69, 9.17) is 10.7 Å². The highest BCUT2D eigenvalue weighted by Crippen LogP contribution is 2.30. The molecule has 0 aliphatic heterocycles. The third-order valence-corrected chi connectivity index (χ3v) is 7.12. The molecule has 3 aromatic carbocycles. The van der Waals surface area contributed by atoms with E-state index in [0.29, 0.717) is 12.1 Å². The lowest BCUT2D eigenvalue weighted by molar-refractivity contribution is -0.120. The number of aromatic carboxylic acids is 1. The third-order valence-electron chi connectivity index (χ3n) is 7.12. The van der Waals surface area contributed by atoms with Crippen molar-refractivity contribution in [1.82, 2.24) is 19.1 Å². The monoisotopic (exact) mass is 521 g/mol. The van der Waals surface area contributed by atoms with E-state index in [1.54, 1.807) is 30.0 Å². The summed E-state index contributed by atoms with van der Waals surface area (Å²) >= 11 is 0. The summed E-state index contributed by atoms with van der Waals surface area (Å²) in [5.41, 5.74) is 13.1. The van der Waals surface area contributed by atoms with Crippen molar-refractivity contribution < 1.29 is 14.7 Å². The van der Waals surface area contributed by atoms with Crippen LogP contribution < -0.4 is 5.73 Å². The molecule has 0 aliphatic rings. The van der Waals surface area contributed by atoms with Crippen molar-refractivity contribution in [3.63, 3.8) is 0 Å². The maximum absolute atomic E-state index is 11.7. The highest BCUT2D eigenvalue weighted by Gasteiger charge is 2.17. The summed E-state index contributed by atoms with van der Waals surface area (Å²) in [4.78, 5) is 32.9. The largest absolute Gasteiger partial charge is 0.478 e. The number of fused-ring (bicyclic) bond motifs is 1. The molecule has 0 fully saturated rings. The van der Waals surface area contributed by atoms with E-state index in [1.165, 1.54) is 0 Å². The zero-order chi connectivity index (χ0) is 27.7. The highest BCUT2D eigenvalue weighted by atomic mass is 16.4. The van der Waals surface area contributed by atoms with Gasteiger partial charge in [-0.05, 0) is 60.7 Å². The van der Waals surface area contributed by atoms with Crippen molar-refractivity contribution in [2.45, 2.75) is 46.2 Å². The fraction of sp³-hybridized carbons (Fsp3) is 0.226. The number of hydrogen-bond acceptors (Lipinski definition) is 4. The van der Waals surface area contributed by atoms with Crippen LogP contribution in [-0.4, -0.2) is 36.1 Å². The van der Waals surface area contributed by atoms with Crippen molar-refractivity contribution in [1.29, 1.82) is 0 Å². The van der Waals surface area contributed by atoms with Gasteiger partial charge < -0.3 is 20.0 Å². The smallest absolute Gasteiger partial charge is 0.336 e. The number of hydrogen-bond donors (Lipinski definition) is 2. The number of aromatic nitrogens is 4. The Balaban J connectivity index is 1.53. The van der Waals surface area contributed by atoms with E-state index in [1.807, 2.05) is 42.6 Å². The summed E-state index contributed by atoms with van der Waals surface area (Å²) in [6.45, 7) is 6.57. The topological polar surface area (TPSA) is 116 Å². The van der Waals surface area contributed by atoms with Gasteiger partial charge in [0.25, 0.3) is 0 Å². The molecular formula is C31H31N5O3. The van der Waals surface area contributed by atoms with Crippen molar-refractivity contribution >= 4 is 22.9 Å². The Morgan fingerprint density at radius 1 is 1.05 bits per heavy atom. The summed E-state index contributed by atoms with van der Waals surface area (Å²) in [6.07, 6.45) is 5.29. The lowest BCUT2D eigenvalue weighted by Gasteiger charge is -2.12. The van der Waals surface area contributed by atoms with Crippen molar-refractivity contribution in [2.75, 3.05) is 0 Å². The van der Waals surface area contributed by atoms with Crippen LogP contribution in [0, 0.1) is 6.92 Å². The number of primary amides is 1. The molecule has 0 saturated heterocycles.